The van der Waals surface area contributed by atoms with Gasteiger partial charge in [-0.1, -0.05) is 42.5 Å². The minimum absolute atomic E-state index is 0.131. The molecule has 0 aromatic heterocycles. The number of nitrogens with zero attached hydrogens (tertiary/aromatic N) is 1. The molecule has 0 saturated carbocycles. The molecule has 1 aliphatic rings. The van der Waals surface area contributed by atoms with E-state index in [2.05, 4.69) is 0 Å². The molecule has 0 aliphatic carbocycles. The van der Waals surface area contributed by atoms with Crippen molar-refractivity contribution in [1.82, 2.24) is 4.90 Å². The fourth-order valence-electron chi connectivity index (χ4n) is 2.81. The van der Waals surface area contributed by atoms with Gasteiger partial charge in [0.25, 0.3) is 0 Å². The Balaban J connectivity index is 1.82. The summed E-state index contributed by atoms with van der Waals surface area (Å²) in [6, 6.07) is 9.97. The number of benzene rings is 1. The van der Waals surface area contributed by atoms with Gasteiger partial charge in [-0.15, -0.1) is 0 Å². The molecule has 0 N–H and O–H groups in total. The fraction of sp³-hybridized carbons (Fsp3) is 0.571. The molecule has 5 heteroatoms. The number of carbonyl (C=O) groups excluding carboxylic acids is 1. The quantitative estimate of drug-likeness (QED) is 0.552. The predicted octanol–water partition coefficient (Wildman–Crippen LogP) is 4.52. The molecule has 26 heavy (non-hydrogen) atoms. The number of hydrogen-bond donors (Lipinski definition) is 0. The Morgan fingerprint density at radius 1 is 1.31 bits per heavy atom. The number of rotatable bonds is 6. The van der Waals surface area contributed by atoms with Crippen LogP contribution in [0.15, 0.2) is 42.5 Å². The van der Waals surface area contributed by atoms with Crippen molar-refractivity contribution in [3.8, 4) is 0 Å². The zero-order chi connectivity index (χ0) is 19.2. The molecule has 5 nitrogen and oxygen atoms in total. The first-order chi connectivity index (χ1) is 12.2. The van der Waals surface area contributed by atoms with Gasteiger partial charge in [-0.2, -0.15) is 0 Å². The van der Waals surface area contributed by atoms with E-state index < -0.39 is 11.3 Å². The average Bonchev–Trinajstić information content (AvgIpc) is 2.85. The van der Waals surface area contributed by atoms with Crippen LogP contribution in [-0.4, -0.2) is 41.6 Å². The van der Waals surface area contributed by atoms with E-state index in [9.17, 15) is 4.79 Å². The summed E-state index contributed by atoms with van der Waals surface area (Å²) in [5.41, 5.74) is -0.0466. The maximum Gasteiger partial charge on any atom is 0.413 e. The van der Waals surface area contributed by atoms with Crippen molar-refractivity contribution in [2.75, 3.05) is 13.2 Å². The number of ether oxygens (including phenoxy) is 3. The highest BCUT2D eigenvalue weighted by atomic mass is 16.6. The molecule has 0 bridgehead atoms. The van der Waals surface area contributed by atoms with E-state index in [0.717, 1.165) is 6.42 Å². The lowest BCUT2D eigenvalue weighted by Crippen LogP contribution is -2.49. The highest BCUT2D eigenvalue weighted by Gasteiger charge is 2.44. The third-order valence-electron chi connectivity index (χ3n) is 4.01. The van der Waals surface area contributed by atoms with E-state index in [1.807, 2.05) is 77.1 Å². The first-order valence-corrected chi connectivity index (χ1v) is 9.14. The third-order valence-corrected chi connectivity index (χ3v) is 4.01. The third kappa shape index (κ3) is 6.15. The van der Waals surface area contributed by atoms with Gasteiger partial charge in [-0.3, -0.25) is 4.90 Å². The van der Waals surface area contributed by atoms with Gasteiger partial charge in [-0.05, 0) is 46.6 Å². The van der Waals surface area contributed by atoms with Gasteiger partial charge in [0.2, 0.25) is 0 Å². The second kappa shape index (κ2) is 8.69. The number of hydrogen-bond acceptors (Lipinski definition) is 4. The lowest BCUT2D eigenvalue weighted by Gasteiger charge is -2.34. The highest BCUT2D eigenvalue weighted by Crippen LogP contribution is 2.30. The van der Waals surface area contributed by atoms with Crippen LogP contribution < -0.4 is 0 Å². The smallest absolute Gasteiger partial charge is 0.413 e. The van der Waals surface area contributed by atoms with Crippen LogP contribution in [0.1, 0.15) is 46.6 Å². The van der Waals surface area contributed by atoms with Crippen LogP contribution in [0.3, 0.4) is 0 Å². The molecule has 1 heterocycles. The Hall–Kier alpha value is -1.85. The van der Waals surface area contributed by atoms with Crippen molar-refractivity contribution in [3.63, 3.8) is 0 Å². The predicted molar refractivity (Wildman–Crippen MR) is 102 cm³/mol. The molecule has 0 spiro atoms. The van der Waals surface area contributed by atoms with Crippen LogP contribution in [0.25, 0.3) is 0 Å². The van der Waals surface area contributed by atoms with E-state index in [0.29, 0.717) is 19.8 Å². The molecule has 1 aromatic rings. The van der Waals surface area contributed by atoms with Gasteiger partial charge in [-0.25, -0.2) is 4.79 Å². The van der Waals surface area contributed by atoms with Crippen LogP contribution >= 0.6 is 0 Å². The fourth-order valence-corrected chi connectivity index (χ4v) is 2.81. The summed E-state index contributed by atoms with van der Waals surface area (Å²) in [6.45, 7) is 11.1. The second-order valence-electron chi connectivity index (χ2n) is 7.93. The maximum atomic E-state index is 12.5. The Bertz CT molecular complexity index is 604. The molecule has 1 saturated heterocycles. The molecule has 1 aromatic carbocycles. The van der Waals surface area contributed by atoms with Crippen molar-refractivity contribution in [3.05, 3.63) is 48.0 Å². The van der Waals surface area contributed by atoms with Crippen LogP contribution in [0.4, 0.5) is 4.79 Å². The number of amides is 1. The zero-order valence-corrected chi connectivity index (χ0v) is 16.5. The summed E-state index contributed by atoms with van der Waals surface area (Å²) in [5, 5.41) is 0. The van der Waals surface area contributed by atoms with Gasteiger partial charge in [0, 0.05) is 0 Å². The molecular formula is C21H31NO4. The summed E-state index contributed by atoms with van der Waals surface area (Å²) in [6.07, 6.45) is 4.48. The van der Waals surface area contributed by atoms with Crippen LogP contribution in [0, 0.1) is 0 Å². The van der Waals surface area contributed by atoms with Crippen molar-refractivity contribution < 1.29 is 19.0 Å². The Kier molecular flexibility index (Phi) is 6.84. The summed E-state index contributed by atoms with van der Waals surface area (Å²) in [5.74, 6) is 0. The van der Waals surface area contributed by atoms with Crippen molar-refractivity contribution in [2.45, 2.75) is 65.0 Å². The molecular weight excluding hydrogens is 330 g/mol. The van der Waals surface area contributed by atoms with Gasteiger partial charge < -0.3 is 14.2 Å². The van der Waals surface area contributed by atoms with E-state index in [1.54, 1.807) is 4.90 Å². The van der Waals surface area contributed by atoms with Crippen molar-refractivity contribution in [2.24, 2.45) is 0 Å². The standard InChI is InChI=1S/C21H31NO4/c1-20(2,3)26-19(23)22-18(16-25-21(22,4)5)13-9-10-14-24-15-17-11-7-6-8-12-17/h6-9,11-13,18H,10,14-16H2,1-5H3/b13-9+/t18-/m0/s1. The van der Waals surface area contributed by atoms with Gasteiger partial charge >= 0.3 is 6.09 Å². The number of carbonyl (C=O) groups is 1. The van der Waals surface area contributed by atoms with E-state index in [-0.39, 0.29) is 12.1 Å². The Labute approximate surface area is 156 Å². The second-order valence-corrected chi connectivity index (χ2v) is 7.93. The Morgan fingerprint density at radius 3 is 2.65 bits per heavy atom. The minimum Gasteiger partial charge on any atom is -0.444 e. The van der Waals surface area contributed by atoms with Crippen LogP contribution in [-0.2, 0) is 20.8 Å². The molecule has 0 unspecified atom stereocenters. The van der Waals surface area contributed by atoms with Crippen molar-refractivity contribution >= 4 is 6.09 Å². The minimum atomic E-state index is -0.679. The summed E-state index contributed by atoms with van der Waals surface area (Å²) >= 11 is 0. The molecule has 1 amide bonds. The first kappa shape index (κ1) is 20.5. The molecule has 1 aliphatic heterocycles. The normalized spacial score (nSPS) is 19.9. The maximum absolute atomic E-state index is 12.5. The van der Waals surface area contributed by atoms with E-state index in [4.69, 9.17) is 14.2 Å². The molecule has 1 atom stereocenters. The zero-order valence-electron chi connectivity index (χ0n) is 16.5. The molecule has 0 radical (unpaired) electrons. The lowest BCUT2D eigenvalue weighted by molar-refractivity contribution is -0.0610. The van der Waals surface area contributed by atoms with Gasteiger partial charge in [0.05, 0.1) is 25.9 Å². The van der Waals surface area contributed by atoms with Gasteiger partial charge in [0.1, 0.15) is 11.3 Å². The summed E-state index contributed by atoms with van der Waals surface area (Å²) in [7, 11) is 0. The average molecular weight is 361 g/mol. The molecule has 144 valence electrons. The monoisotopic (exact) mass is 361 g/mol. The lowest BCUT2D eigenvalue weighted by atomic mass is 10.2. The Morgan fingerprint density at radius 2 is 2.00 bits per heavy atom. The summed E-state index contributed by atoms with van der Waals surface area (Å²) < 4.78 is 17.0. The summed E-state index contributed by atoms with van der Waals surface area (Å²) in [4.78, 5) is 14.2. The highest BCUT2D eigenvalue weighted by molar-refractivity contribution is 5.70. The van der Waals surface area contributed by atoms with E-state index >= 15 is 0 Å². The SMILES string of the molecule is CC(C)(C)OC(=O)N1[C@@H](/C=C/CCOCc2ccccc2)COC1(C)C. The van der Waals surface area contributed by atoms with E-state index in [1.165, 1.54) is 5.56 Å². The molecule has 1 fully saturated rings. The first-order valence-electron chi connectivity index (χ1n) is 9.14. The van der Waals surface area contributed by atoms with Gasteiger partial charge in [0.15, 0.2) is 0 Å². The van der Waals surface area contributed by atoms with Crippen molar-refractivity contribution in [1.29, 1.82) is 0 Å². The van der Waals surface area contributed by atoms with Crippen LogP contribution in [0.5, 0.6) is 0 Å². The topological polar surface area (TPSA) is 48.0 Å². The molecule has 2 rings (SSSR count). The van der Waals surface area contributed by atoms with Crippen LogP contribution in [0.2, 0.25) is 0 Å². The largest absolute Gasteiger partial charge is 0.444 e.